The topological polar surface area (TPSA) is 26.0 Å². The summed E-state index contributed by atoms with van der Waals surface area (Å²) in [4.78, 5) is 0. The van der Waals surface area contributed by atoms with Crippen molar-refractivity contribution in [1.29, 1.82) is 0 Å². The van der Waals surface area contributed by atoms with Gasteiger partial charge in [-0.05, 0) is 119 Å². The van der Waals surface area contributed by atoms with Gasteiger partial charge in [0, 0.05) is 0 Å². The van der Waals surface area contributed by atoms with Crippen LogP contribution < -0.4 is 5.73 Å². The molecule has 0 aliphatic heterocycles. The maximum atomic E-state index is 12.1. The lowest BCUT2D eigenvalue weighted by molar-refractivity contribution is 0.210. The van der Waals surface area contributed by atoms with Gasteiger partial charge in [0.2, 0.25) is 0 Å². The van der Waals surface area contributed by atoms with E-state index in [1.165, 1.54) is 49.4 Å². The van der Waals surface area contributed by atoms with E-state index in [0.29, 0.717) is 6.42 Å². The molecule has 2 N–H and O–H groups in total. The molecule has 1 nitrogen and oxygen atoms in total. The molecule has 0 spiro atoms. The molecule has 30 heavy (non-hydrogen) atoms. The fourth-order valence-electron chi connectivity index (χ4n) is 3.48. The van der Waals surface area contributed by atoms with E-state index in [2.05, 4.69) is 45.2 Å². The molecule has 1 fully saturated rings. The molecule has 0 saturated heterocycles. The SMILES string of the molecule is C=Cc1cc2c(c(C)c1/C=C(\C)C1CC1)CC(C)C2.CCC(C)(C)F.CN.CSC. The molecular formula is C27H46FNS. The van der Waals surface area contributed by atoms with E-state index in [4.69, 9.17) is 0 Å². The van der Waals surface area contributed by atoms with Crippen LogP contribution in [0.1, 0.15) is 81.7 Å². The zero-order chi connectivity index (χ0) is 23.5. The number of hydrogen-bond donors (Lipinski definition) is 1. The lowest BCUT2D eigenvalue weighted by atomic mass is 9.92. The van der Waals surface area contributed by atoms with Crippen molar-refractivity contribution in [2.45, 2.75) is 79.3 Å². The number of alkyl halides is 1. The van der Waals surface area contributed by atoms with Crippen LogP contribution in [0.3, 0.4) is 0 Å². The Morgan fingerprint density at radius 2 is 1.77 bits per heavy atom. The summed E-state index contributed by atoms with van der Waals surface area (Å²) >= 11 is 1.75. The second-order valence-electron chi connectivity index (χ2n) is 9.00. The normalized spacial score (nSPS) is 17.4. The van der Waals surface area contributed by atoms with Crippen molar-refractivity contribution in [2.24, 2.45) is 17.6 Å². The van der Waals surface area contributed by atoms with Gasteiger partial charge in [-0.1, -0.05) is 44.2 Å². The van der Waals surface area contributed by atoms with E-state index in [0.717, 1.165) is 11.8 Å². The third-order valence-electron chi connectivity index (χ3n) is 5.66. The fraction of sp³-hybridized carbons (Fsp3) is 0.630. The molecule has 0 heterocycles. The first-order valence-electron chi connectivity index (χ1n) is 11.2. The number of hydrogen-bond acceptors (Lipinski definition) is 2. The molecule has 172 valence electrons. The van der Waals surface area contributed by atoms with Crippen molar-refractivity contribution in [2.75, 3.05) is 19.6 Å². The molecule has 0 radical (unpaired) electrons. The van der Waals surface area contributed by atoms with Gasteiger partial charge in [-0.15, -0.1) is 0 Å². The van der Waals surface area contributed by atoms with Gasteiger partial charge in [0.1, 0.15) is 5.67 Å². The number of allylic oxidation sites excluding steroid dienone is 1. The first-order chi connectivity index (χ1) is 14.1. The minimum absolute atomic E-state index is 0.604. The molecule has 0 bridgehead atoms. The highest BCUT2D eigenvalue weighted by molar-refractivity contribution is 7.97. The average molecular weight is 436 g/mol. The number of benzene rings is 1. The highest BCUT2D eigenvalue weighted by atomic mass is 32.2. The average Bonchev–Trinajstić information content (AvgIpc) is 3.48. The predicted molar refractivity (Wildman–Crippen MR) is 139 cm³/mol. The molecule has 1 aromatic rings. The molecule has 2 aliphatic rings. The van der Waals surface area contributed by atoms with Crippen LogP contribution in [0, 0.1) is 18.8 Å². The maximum Gasteiger partial charge on any atom is 0.105 e. The predicted octanol–water partition coefficient (Wildman–Crippen LogP) is 7.88. The Kier molecular flexibility index (Phi) is 13.6. The first kappa shape index (κ1) is 28.9. The van der Waals surface area contributed by atoms with E-state index in [1.54, 1.807) is 42.3 Å². The summed E-state index contributed by atoms with van der Waals surface area (Å²) in [7, 11) is 1.50. The highest BCUT2D eigenvalue weighted by Gasteiger charge is 2.25. The number of nitrogens with two attached hydrogens (primary N) is 1. The summed E-state index contributed by atoms with van der Waals surface area (Å²) < 4.78 is 12.1. The molecule has 1 saturated carbocycles. The van der Waals surface area contributed by atoms with Crippen LogP contribution in [0.25, 0.3) is 12.2 Å². The van der Waals surface area contributed by atoms with Crippen LogP contribution in [-0.4, -0.2) is 25.2 Å². The van der Waals surface area contributed by atoms with Crippen molar-refractivity contribution in [3.63, 3.8) is 0 Å². The van der Waals surface area contributed by atoms with Gasteiger partial charge >= 0.3 is 0 Å². The summed E-state index contributed by atoms with van der Waals surface area (Å²) in [5.41, 5.74) is 12.5. The quantitative estimate of drug-likeness (QED) is 0.520. The summed E-state index contributed by atoms with van der Waals surface area (Å²) in [6.45, 7) is 16.0. The second-order valence-corrected chi connectivity index (χ2v) is 9.82. The van der Waals surface area contributed by atoms with Crippen molar-refractivity contribution in [3.05, 3.63) is 46.0 Å². The summed E-state index contributed by atoms with van der Waals surface area (Å²) in [5, 5.41) is 0. The number of fused-ring (bicyclic) bond motifs is 1. The van der Waals surface area contributed by atoms with E-state index in [1.807, 2.05) is 25.5 Å². The van der Waals surface area contributed by atoms with Crippen LogP contribution >= 0.6 is 11.8 Å². The maximum absolute atomic E-state index is 12.1. The monoisotopic (exact) mass is 435 g/mol. The molecule has 0 aromatic heterocycles. The van der Waals surface area contributed by atoms with Gasteiger partial charge < -0.3 is 5.73 Å². The summed E-state index contributed by atoms with van der Waals surface area (Å²) in [6.07, 6.45) is 14.4. The van der Waals surface area contributed by atoms with Gasteiger partial charge in [-0.3, -0.25) is 0 Å². The van der Waals surface area contributed by atoms with Gasteiger partial charge in [0.05, 0.1) is 0 Å². The Balaban J connectivity index is 0.000000646. The zero-order valence-electron chi connectivity index (χ0n) is 21.0. The molecule has 1 unspecified atom stereocenters. The summed E-state index contributed by atoms with van der Waals surface area (Å²) in [5.74, 6) is 1.65. The van der Waals surface area contributed by atoms with Crippen LogP contribution in [-0.2, 0) is 12.8 Å². The summed E-state index contributed by atoms with van der Waals surface area (Å²) in [6, 6.07) is 2.38. The van der Waals surface area contributed by atoms with E-state index >= 15 is 0 Å². The third-order valence-corrected chi connectivity index (χ3v) is 5.66. The Bertz CT molecular complexity index is 681. The Labute approximate surface area is 190 Å². The van der Waals surface area contributed by atoms with Crippen molar-refractivity contribution >= 4 is 23.9 Å². The first-order valence-corrected chi connectivity index (χ1v) is 12.8. The van der Waals surface area contributed by atoms with E-state index in [-0.39, 0.29) is 0 Å². The minimum atomic E-state index is -0.958. The third kappa shape index (κ3) is 9.83. The van der Waals surface area contributed by atoms with Crippen molar-refractivity contribution in [1.82, 2.24) is 0 Å². The standard InChI is InChI=1S/C19H24.C5H11F.C2H6S.CH5N/c1-5-15-11-17-8-12(2)9-18(17)14(4)19(15)10-13(3)16-6-7-16;1-4-5(2,3)6;1-3-2;1-2/h5,10-12,16H,1,6-9H2,2-4H3;4H2,1-3H3;1-2H3;2H2,1H3/b13-10+;;;. The van der Waals surface area contributed by atoms with Gasteiger partial charge in [-0.25, -0.2) is 4.39 Å². The zero-order valence-corrected chi connectivity index (χ0v) is 21.8. The lowest BCUT2D eigenvalue weighted by Crippen LogP contribution is -2.07. The second kappa shape index (κ2) is 14.1. The molecule has 2 aliphatic carbocycles. The Morgan fingerprint density at radius 3 is 2.17 bits per heavy atom. The molecule has 3 rings (SSSR count). The Morgan fingerprint density at radius 1 is 1.27 bits per heavy atom. The van der Waals surface area contributed by atoms with Gasteiger partial charge in [0.15, 0.2) is 0 Å². The molecular weight excluding hydrogens is 389 g/mol. The lowest BCUT2D eigenvalue weighted by Gasteiger charge is -2.13. The smallest absolute Gasteiger partial charge is 0.105 e. The highest BCUT2D eigenvalue weighted by Crippen LogP contribution is 2.39. The number of thioether (sulfide) groups is 1. The van der Waals surface area contributed by atoms with Crippen molar-refractivity contribution < 1.29 is 4.39 Å². The van der Waals surface area contributed by atoms with Gasteiger partial charge in [-0.2, -0.15) is 11.8 Å². The van der Waals surface area contributed by atoms with E-state index in [9.17, 15) is 4.39 Å². The number of halogens is 1. The minimum Gasteiger partial charge on any atom is -0.333 e. The van der Waals surface area contributed by atoms with Crippen LogP contribution in [0.15, 0.2) is 18.2 Å². The Hall–Kier alpha value is -1.06. The largest absolute Gasteiger partial charge is 0.333 e. The molecule has 3 heteroatoms. The fourth-order valence-corrected chi connectivity index (χ4v) is 3.48. The van der Waals surface area contributed by atoms with Crippen LogP contribution in [0.2, 0.25) is 0 Å². The molecule has 0 amide bonds. The molecule has 1 aromatic carbocycles. The van der Waals surface area contributed by atoms with Crippen LogP contribution in [0.5, 0.6) is 0 Å². The molecule has 1 atom stereocenters. The van der Waals surface area contributed by atoms with Crippen LogP contribution in [0.4, 0.5) is 4.39 Å². The van der Waals surface area contributed by atoms with E-state index < -0.39 is 5.67 Å². The van der Waals surface area contributed by atoms with Crippen molar-refractivity contribution in [3.8, 4) is 0 Å². The van der Waals surface area contributed by atoms with Gasteiger partial charge in [0.25, 0.3) is 0 Å². The number of rotatable bonds is 4.